The average molecular weight is 272 g/mol. The molecule has 5 heteroatoms. The second kappa shape index (κ2) is 6.65. The number of esters is 1. The molecule has 0 unspecified atom stereocenters. The fourth-order valence-corrected chi connectivity index (χ4v) is 1.77. The Balaban J connectivity index is 2.14. The van der Waals surface area contributed by atoms with Crippen LogP contribution < -0.4 is 5.01 Å². The number of hydrogen-bond donors (Lipinski definition) is 0. The van der Waals surface area contributed by atoms with Crippen LogP contribution in [0.3, 0.4) is 0 Å². The van der Waals surface area contributed by atoms with E-state index >= 15 is 0 Å². The van der Waals surface area contributed by atoms with E-state index in [2.05, 4.69) is 5.10 Å². The number of hydrazone groups is 1. The van der Waals surface area contributed by atoms with Crippen LogP contribution in [-0.2, 0) is 14.3 Å². The summed E-state index contributed by atoms with van der Waals surface area (Å²) in [6.07, 6.45) is 4.11. The predicted molar refractivity (Wildman–Crippen MR) is 76.4 cm³/mol. The van der Waals surface area contributed by atoms with Gasteiger partial charge in [0, 0.05) is 12.8 Å². The van der Waals surface area contributed by atoms with E-state index in [0.717, 1.165) is 0 Å². The van der Waals surface area contributed by atoms with Crippen molar-refractivity contribution in [3.8, 4) is 0 Å². The third-order valence-electron chi connectivity index (χ3n) is 2.82. The Morgan fingerprint density at radius 3 is 2.80 bits per heavy atom. The van der Waals surface area contributed by atoms with Crippen LogP contribution in [0.1, 0.15) is 19.8 Å². The number of hydrogen-bond acceptors (Lipinski definition) is 4. The van der Waals surface area contributed by atoms with Crippen LogP contribution >= 0.6 is 0 Å². The lowest BCUT2D eigenvalue weighted by molar-refractivity contribution is -0.134. The van der Waals surface area contributed by atoms with Gasteiger partial charge in [-0.2, -0.15) is 5.10 Å². The van der Waals surface area contributed by atoms with E-state index in [1.165, 1.54) is 5.01 Å². The largest absolute Gasteiger partial charge is 0.457 e. The highest BCUT2D eigenvalue weighted by Gasteiger charge is 2.26. The van der Waals surface area contributed by atoms with Crippen LogP contribution in [0.5, 0.6) is 0 Å². The van der Waals surface area contributed by atoms with Crippen LogP contribution in [0.25, 0.3) is 0 Å². The maximum absolute atomic E-state index is 11.9. The van der Waals surface area contributed by atoms with E-state index < -0.39 is 5.97 Å². The standard InChI is InChI=1S/C15H16N2O3/c1-2-3-11-20-15(19)13-9-10-14(18)17(16-13)12-7-5-4-6-8-12/h2-8H,9-11H2,1H3/b3-2+. The van der Waals surface area contributed by atoms with Gasteiger partial charge in [-0.05, 0) is 19.1 Å². The van der Waals surface area contributed by atoms with Gasteiger partial charge in [-0.15, -0.1) is 0 Å². The third-order valence-corrected chi connectivity index (χ3v) is 2.82. The fraction of sp³-hybridized carbons (Fsp3) is 0.267. The molecule has 0 aromatic heterocycles. The molecule has 1 aromatic carbocycles. The van der Waals surface area contributed by atoms with Crippen LogP contribution in [-0.4, -0.2) is 24.2 Å². The molecular formula is C15H16N2O3. The van der Waals surface area contributed by atoms with Gasteiger partial charge in [0.25, 0.3) is 0 Å². The summed E-state index contributed by atoms with van der Waals surface area (Å²) in [5, 5.41) is 5.37. The molecule has 0 bridgehead atoms. The maximum atomic E-state index is 11.9. The Kier molecular flexibility index (Phi) is 4.65. The number of rotatable bonds is 4. The fourth-order valence-electron chi connectivity index (χ4n) is 1.77. The van der Waals surface area contributed by atoms with Gasteiger partial charge >= 0.3 is 5.97 Å². The zero-order chi connectivity index (χ0) is 14.4. The molecule has 0 spiro atoms. The monoisotopic (exact) mass is 272 g/mol. The van der Waals surface area contributed by atoms with Crippen molar-refractivity contribution in [2.45, 2.75) is 19.8 Å². The smallest absolute Gasteiger partial charge is 0.354 e. The molecule has 0 atom stereocenters. The summed E-state index contributed by atoms with van der Waals surface area (Å²) in [5.41, 5.74) is 0.925. The summed E-state index contributed by atoms with van der Waals surface area (Å²) in [6, 6.07) is 9.03. The van der Waals surface area contributed by atoms with Gasteiger partial charge in [-0.1, -0.05) is 30.4 Å². The molecular weight excluding hydrogens is 256 g/mol. The lowest BCUT2D eigenvalue weighted by Gasteiger charge is -2.22. The maximum Gasteiger partial charge on any atom is 0.354 e. The average Bonchev–Trinajstić information content (AvgIpc) is 2.49. The molecule has 0 fully saturated rings. The van der Waals surface area contributed by atoms with Gasteiger partial charge in [0.1, 0.15) is 12.3 Å². The summed E-state index contributed by atoms with van der Waals surface area (Å²) in [6.45, 7) is 2.06. The molecule has 0 saturated carbocycles. The highest BCUT2D eigenvalue weighted by molar-refractivity contribution is 6.38. The Labute approximate surface area is 117 Å². The molecule has 1 aliphatic rings. The predicted octanol–water partition coefficient (Wildman–Crippen LogP) is 2.29. The third kappa shape index (κ3) is 3.32. The number of benzene rings is 1. The van der Waals surface area contributed by atoms with Crippen molar-refractivity contribution in [2.24, 2.45) is 5.10 Å². The summed E-state index contributed by atoms with van der Waals surface area (Å²) in [7, 11) is 0. The number of carbonyl (C=O) groups is 2. The first kappa shape index (κ1) is 14.0. The van der Waals surface area contributed by atoms with Gasteiger partial charge in [0.2, 0.25) is 5.91 Å². The van der Waals surface area contributed by atoms with E-state index in [4.69, 9.17) is 4.74 Å². The minimum Gasteiger partial charge on any atom is -0.457 e. The van der Waals surface area contributed by atoms with Gasteiger partial charge in [-0.25, -0.2) is 9.80 Å². The molecule has 0 radical (unpaired) electrons. The molecule has 1 aliphatic heterocycles. The van der Waals surface area contributed by atoms with Crippen molar-refractivity contribution in [3.63, 3.8) is 0 Å². The first-order chi connectivity index (χ1) is 9.72. The number of ether oxygens (including phenoxy) is 1. The van der Waals surface area contributed by atoms with E-state index in [1.54, 1.807) is 24.3 Å². The number of amides is 1. The second-order valence-corrected chi connectivity index (χ2v) is 4.26. The summed E-state index contributed by atoms with van der Waals surface area (Å²) < 4.78 is 5.05. The molecule has 0 N–H and O–H groups in total. The first-order valence-electron chi connectivity index (χ1n) is 6.46. The van der Waals surface area contributed by atoms with Crippen molar-refractivity contribution in [2.75, 3.05) is 11.6 Å². The number of anilines is 1. The lowest BCUT2D eigenvalue weighted by Crippen LogP contribution is -2.34. The normalized spacial score (nSPS) is 15.3. The highest BCUT2D eigenvalue weighted by Crippen LogP contribution is 2.19. The second-order valence-electron chi connectivity index (χ2n) is 4.26. The van der Waals surface area contributed by atoms with Gasteiger partial charge in [0.05, 0.1) is 5.69 Å². The van der Waals surface area contributed by atoms with Crippen molar-refractivity contribution in [1.29, 1.82) is 0 Å². The summed E-state index contributed by atoms with van der Waals surface area (Å²) >= 11 is 0. The Morgan fingerprint density at radius 1 is 1.35 bits per heavy atom. The number of carbonyl (C=O) groups excluding carboxylic acids is 2. The Bertz CT molecular complexity index is 549. The Hall–Kier alpha value is -2.43. The molecule has 1 heterocycles. The number of nitrogens with zero attached hydrogens (tertiary/aromatic N) is 2. The number of allylic oxidation sites excluding steroid dienone is 1. The van der Waals surface area contributed by atoms with Crippen LogP contribution in [0.4, 0.5) is 5.69 Å². The molecule has 5 nitrogen and oxygen atoms in total. The van der Waals surface area contributed by atoms with Crippen LogP contribution in [0.2, 0.25) is 0 Å². The minimum absolute atomic E-state index is 0.124. The lowest BCUT2D eigenvalue weighted by atomic mass is 10.1. The Morgan fingerprint density at radius 2 is 2.10 bits per heavy atom. The minimum atomic E-state index is -0.475. The van der Waals surface area contributed by atoms with Gasteiger partial charge < -0.3 is 4.74 Å². The van der Waals surface area contributed by atoms with Crippen LogP contribution in [0.15, 0.2) is 47.6 Å². The topological polar surface area (TPSA) is 59.0 Å². The van der Waals surface area contributed by atoms with Crippen molar-refractivity contribution >= 4 is 23.3 Å². The molecule has 20 heavy (non-hydrogen) atoms. The molecule has 0 saturated heterocycles. The quantitative estimate of drug-likeness (QED) is 0.624. The van der Waals surface area contributed by atoms with E-state index in [0.29, 0.717) is 12.1 Å². The molecule has 104 valence electrons. The molecule has 2 rings (SSSR count). The first-order valence-corrected chi connectivity index (χ1v) is 6.46. The van der Waals surface area contributed by atoms with Gasteiger partial charge in [0.15, 0.2) is 0 Å². The summed E-state index contributed by atoms with van der Waals surface area (Å²) in [4.78, 5) is 23.7. The number of para-hydroxylation sites is 1. The zero-order valence-corrected chi connectivity index (χ0v) is 11.3. The highest BCUT2D eigenvalue weighted by atomic mass is 16.5. The zero-order valence-electron chi connectivity index (χ0n) is 11.3. The van der Waals surface area contributed by atoms with E-state index in [1.807, 2.05) is 25.1 Å². The molecule has 0 aliphatic carbocycles. The van der Waals surface area contributed by atoms with Gasteiger partial charge in [-0.3, -0.25) is 4.79 Å². The molecule has 1 amide bonds. The van der Waals surface area contributed by atoms with E-state index in [-0.39, 0.29) is 24.6 Å². The molecule has 1 aromatic rings. The van der Waals surface area contributed by atoms with Crippen LogP contribution in [0, 0.1) is 0 Å². The summed E-state index contributed by atoms with van der Waals surface area (Å²) in [5.74, 6) is -0.599. The van der Waals surface area contributed by atoms with E-state index in [9.17, 15) is 9.59 Å². The van der Waals surface area contributed by atoms with Crippen molar-refractivity contribution in [1.82, 2.24) is 0 Å². The SMILES string of the molecule is C/C=C/COC(=O)C1=NN(c2ccccc2)C(=O)CC1. The van der Waals surface area contributed by atoms with Crippen molar-refractivity contribution in [3.05, 3.63) is 42.5 Å². The van der Waals surface area contributed by atoms with Crippen molar-refractivity contribution < 1.29 is 14.3 Å².